The first-order valence-corrected chi connectivity index (χ1v) is 5.30. The summed E-state index contributed by atoms with van der Waals surface area (Å²) in [5, 5.41) is 0. The van der Waals surface area contributed by atoms with Crippen LogP contribution in [0.3, 0.4) is 0 Å². The molecule has 0 saturated carbocycles. The van der Waals surface area contributed by atoms with Gasteiger partial charge in [-0.05, 0) is 32.3 Å². The lowest BCUT2D eigenvalue weighted by Crippen LogP contribution is -2.36. The smallest absolute Gasteiger partial charge is 0.0417 e. The molecule has 2 heteroatoms. The number of hydrazine groups is 1. The van der Waals surface area contributed by atoms with Crippen LogP contribution < -0.4 is 11.3 Å². The van der Waals surface area contributed by atoms with Crippen LogP contribution in [0, 0.1) is 6.92 Å². The average molecular weight is 204 g/mol. The van der Waals surface area contributed by atoms with Crippen molar-refractivity contribution in [3.8, 4) is 0 Å². The van der Waals surface area contributed by atoms with Gasteiger partial charge < -0.3 is 0 Å². The van der Waals surface area contributed by atoms with Crippen molar-refractivity contribution in [1.82, 2.24) is 5.43 Å². The van der Waals surface area contributed by atoms with E-state index >= 15 is 0 Å². The fraction of sp³-hybridized carbons (Fsp3) is 0.385. The molecule has 1 unspecified atom stereocenters. The molecule has 0 aliphatic heterocycles. The lowest BCUT2D eigenvalue weighted by atomic mass is 10.0. The predicted molar refractivity (Wildman–Crippen MR) is 65.4 cm³/mol. The Bertz CT molecular complexity index is 331. The van der Waals surface area contributed by atoms with Gasteiger partial charge in [0, 0.05) is 6.04 Å². The van der Waals surface area contributed by atoms with Crippen molar-refractivity contribution in [2.24, 2.45) is 5.84 Å². The van der Waals surface area contributed by atoms with Crippen LogP contribution >= 0.6 is 0 Å². The number of nitrogens with one attached hydrogen (secondary N) is 1. The summed E-state index contributed by atoms with van der Waals surface area (Å²) >= 11 is 0. The lowest BCUT2D eigenvalue weighted by molar-refractivity contribution is 0.554. The number of nitrogens with two attached hydrogens (primary N) is 1. The first-order chi connectivity index (χ1) is 7.13. The minimum atomic E-state index is 0.213. The Labute approximate surface area is 92.2 Å². The van der Waals surface area contributed by atoms with E-state index < -0.39 is 0 Å². The molecule has 0 aromatic heterocycles. The molecule has 0 amide bonds. The molecule has 0 saturated heterocycles. The number of benzene rings is 1. The Balaban J connectivity index is 2.52. The summed E-state index contributed by atoms with van der Waals surface area (Å²) in [6, 6.07) is 8.79. The molecular weight excluding hydrogens is 184 g/mol. The maximum atomic E-state index is 5.46. The molecule has 15 heavy (non-hydrogen) atoms. The Morgan fingerprint density at radius 1 is 1.53 bits per heavy atom. The van der Waals surface area contributed by atoms with E-state index in [1.54, 1.807) is 0 Å². The Morgan fingerprint density at radius 3 is 2.80 bits per heavy atom. The molecule has 0 aliphatic carbocycles. The molecule has 0 heterocycles. The summed E-state index contributed by atoms with van der Waals surface area (Å²) in [7, 11) is 0. The van der Waals surface area contributed by atoms with Crippen LogP contribution in [0.25, 0.3) is 0 Å². The van der Waals surface area contributed by atoms with Crippen molar-refractivity contribution in [3.05, 3.63) is 47.5 Å². The summed E-state index contributed by atoms with van der Waals surface area (Å²) < 4.78 is 0. The van der Waals surface area contributed by atoms with Gasteiger partial charge in [-0.2, -0.15) is 0 Å². The first-order valence-electron chi connectivity index (χ1n) is 5.30. The molecule has 3 N–H and O–H groups in total. The summed E-state index contributed by atoms with van der Waals surface area (Å²) in [6.07, 6.45) is 2.03. The lowest BCUT2D eigenvalue weighted by Gasteiger charge is -2.15. The highest BCUT2D eigenvalue weighted by molar-refractivity contribution is 5.22. The second kappa shape index (κ2) is 5.69. The van der Waals surface area contributed by atoms with Gasteiger partial charge in [-0.3, -0.25) is 11.3 Å². The van der Waals surface area contributed by atoms with Gasteiger partial charge in [0.15, 0.2) is 0 Å². The van der Waals surface area contributed by atoms with Crippen molar-refractivity contribution >= 4 is 0 Å². The Hall–Kier alpha value is -1.12. The van der Waals surface area contributed by atoms with Gasteiger partial charge in [0.05, 0.1) is 0 Å². The third kappa shape index (κ3) is 3.86. The second-order valence-electron chi connectivity index (χ2n) is 4.09. The Kier molecular flexibility index (Phi) is 4.53. The highest BCUT2D eigenvalue weighted by Gasteiger charge is 2.06. The fourth-order valence-corrected chi connectivity index (χ4v) is 1.65. The summed E-state index contributed by atoms with van der Waals surface area (Å²) in [5.74, 6) is 5.46. The highest BCUT2D eigenvalue weighted by atomic mass is 15.2. The molecule has 0 bridgehead atoms. The minimum absolute atomic E-state index is 0.213. The van der Waals surface area contributed by atoms with Crippen molar-refractivity contribution in [3.63, 3.8) is 0 Å². The monoisotopic (exact) mass is 204 g/mol. The van der Waals surface area contributed by atoms with Gasteiger partial charge in [0.1, 0.15) is 0 Å². The quantitative estimate of drug-likeness (QED) is 0.439. The van der Waals surface area contributed by atoms with E-state index in [1.807, 2.05) is 6.92 Å². The molecule has 1 aromatic carbocycles. The largest absolute Gasteiger partial charge is 0.271 e. The van der Waals surface area contributed by atoms with E-state index in [9.17, 15) is 0 Å². The number of aryl methyl sites for hydroxylation is 2. The number of hydrogen-bond donors (Lipinski definition) is 2. The SMILES string of the molecule is C=C(C)C(CCc1cccc(C)c1)NN. The average Bonchev–Trinajstić information content (AvgIpc) is 2.18. The zero-order chi connectivity index (χ0) is 11.3. The van der Waals surface area contributed by atoms with E-state index in [-0.39, 0.29) is 6.04 Å². The van der Waals surface area contributed by atoms with Gasteiger partial charge in [0.2, 0.25) is 0 Å². The summed E-state index contributed by atoms with van der Waals surface area (Å²) in [5.41, 5.74) is 6.54. The van der Waals surface area contributed by atoms with Gasteiger partial charge in [-0.25, -0.2) is 0 Å². The molecule has 0 spiro atoms. The van der Waals surface area contributed by atoms with E-state index in [0.717, 1.165) is 18.4 Å². The molecular formula is C13H20N2. The van der Waals surface area contributed by atoms with Crippen molar-refractivity contribution in [2.45, 2.75) is 32.7 Å². The van der Waals surface area contributed by atoms with E-state index in [4.69, 9.17) is 5.84 Å². The van der Waals surface area contributed by atoms with Gasteiger partial charge in [-0.15, -0.1) is 0 Å². The molecule has 1 atom stereocenters. The van der Waals surface area contributed by atoms with Crippen molar-refractivity contribution in [1.29, 1.82) is 0 Å². The van der Waals surface area contributed by atoms with Crippen LogP contribution in [0.2, 0.25) is 0 Å². The second-order valence-corrected chi connectivity index (χ2v) is 4.09. The van der Waals surface area contributed by atoms with E-state index in [2.05, 4.69) is 43.2 Å². The van der Waals surface area contributed by atoms with E-state index in [0.29, 0.717) is 0 Å². The van der Waals surface area contributed by atoms with Gasteiger partial charge >= 0.3 is 0 Å². The van der Waals surface area contributed by atoms with Gasteiger partial charge in [-0.1, -0.05) is 42.0 Å². The van der Waals surface area contributed by atoms with Crippen LogP contribution in [-0.4, -0.2) is 6.04 Å². The summed E-state index contributed by atoms with van der Waals surface area (Å²) in [4.78, 5) is 0. The first kappa shape index (κ1) is 12.0. The maximum Gasteiger partial charge on any atom is 0.0417 e. The topological polar surface area (TPSA) is 38.0 Å². The predicted octanol–water partition coefficient (Wildman–Crippen LogP) is 2.34. The number of rotatable bonds is 5. The van der Waals surface area contributed by atoms with Gasteiger partial charge in [0.25, 0.3) is 0 Å². The zero-order valence-corrected chi connectivity index (χ0v) is 9.59. The van der Waals surface area contributed by atoms with Crippen molar-refractivity contribution in [2.75, 3.05) is 0 Å². The third-order valence-corrected chi connectivity index (χ3v) is 2.60. The third-order valence-electron chi connectivity index (χ3n) is 2.60. The molecule has 82 valence electrons. The molecule has 1 rings (SSSR count). The molecule has 0 fully saturated rings. The number of hydrogen-bond acceptors (Lipinski definition) is 2. The summed E-state index contributed by atoms with van der Waals surface area (Å²) in [6.45, 7) is 8.03. The normalized spacial score (nSPS) is 12.5. The van der Waals surface area contributed by atoms with Crippen LogP contribution in [0.4, 0.5) is 0 Å². The fourth-order valence-electron chi connectivity index (χ4n) is 1.65. The maximum absolute atomic E-state index is 5.46. The van der Waals surface area contributed by atoms with Crippen molar-refractivity contribution < 1.29 is 0 Å². The molecule has 0 radical (unpaired) electrons. The van der Waals surface area contributed by atoms with Crippen LogP contribution in [-0.2, 0) is 6.42 Å². The van der Waals surface area contributed by atoms with Crippen LogP contribution in [0.15, 0.2) is 36.4 Å². The standard InChI is InChI=1S/C13H20N2/c1-10(2)13(15-14)8-7-12-6-4-5-11(3)9-12/h4-6,9,13,15H,1,7-8,14H2,2-3H3. The highest BCUT2D eigenvalue weighted by Crippen LogP contribution is 2.10. The molecule has 1 aromatic rings. The minimum Gasteiger partial charge on any atom is -0.271 e. The zero-order valence-electron chi connectivity index (χ0n) is 9.59. The van der Waals surface area contributed by atoms with E-state index in [1.165, 1.54) is 11.1 Å². The van der Waals surface area contributed by atoms with Crippen LogP contribution in [0.1, 0.15) is 24.5 Å². The molecule has 2 nitrogen and oxygen atoms in total. The van der Waals surface area contributed by atoms with Crippen LogP contribution in [0.5, 0.6) is 0 Å². The molecule has 0 aliphatic rings. The Morgan fingerprint density at radius 2 is 2.27 bits per heavy atom.